The third-order valence-corrected chi connectivity index (χ3v) is 3.17. The van der Waals surface area contributed by atoms with Gasteiger partial charge >= 0.3 is 0 Å². The molecule has 0 heterocycles. The molecule has 0 aliphatic carbocycles. The zero-order valence-corrected chi connectivity index (χ0v) is 11.8. The maximum atomic E-state index is 12.2. The van der Waals surface area contributed by atoms with Crippen LogP contribution in [-0.2, 0) is 0 Å². The number of carbonyl (C=O) groups is 1. The molecule has 3 N–H and O–H groups in total. The summed E-state index contributed by atoms with van der Waals surface area (Å²) in [5.74, 6) is -0.147. The van der Waals surface area contributed by atoms with Crippen molar-refractivity contribution in [2.75, 3.05) is 5.32 Å². The van der Waals surface area contributed by atoms with Gasteiger partial charge in [-0.1, -0.05) is 23.4 Å². The summed E-state index contributed by atoms with van der Waals surface area (Å²) in [6.45, 7) is 3.37. The zero-order valence-electron chi connectivity index (χ0n) is 11.8. The van der Waals surface area contributed by atoms with Crippen LogP contribution in [-0.4, -0.2) is 21.9 Å². The Morgan fingerprint density at radius 3 is 2.57 bits per heavy atom. The van der Waals surface area contributed by atoms with E-state index >= 15 is 0 Å². The number of oxime groups is 1. The monoisotopic (exact) mass is 284 g/mol. The molecule has 0 saturated heterocycles. The first-order chi connectivity index (χ1) is 10.0. The van der Waals surface area contributed by atoms with Crippen LogP contribution in [0.15, 0.2) is 47.6 Å². The molecule has 0 atom stereocenters. The highest BCUT2D eigenvalue weighted by Gasteiger charge is 2.11. The number of amides is 1. The average Bonchev–Trinajstić information content (AvgIpc) is 2.49. The lowest BCUT2D eigenvalue weighted by atomic mass is 10.1. The summed E-state index contributed by atoms with van der Waals surface area (Å²) >= 11 is 0. The molecule has 5 nitrogen and oxygen atoms in total. The van der Waals surface area contributed by atoms with Crippen molar-refractivity contribution in [2.24, 2.45) is 5.16 Å². The highest BCUT2D eigenvalue weighted by Crippen LogP contribution is 2.20. The molecule has 5 heteroatoms. The number of hydrogen-bond acceptors (Lipinski definition) is 4. The van der Waals surface area contributed by atoms with Gasteiger partial charge in [0.05, 0.1) is 11.4 Å². The van der Waals surface area contributed by atoms with E-state index in [2.05, 4.69) is 10.5 Å². The average molecular weight is 284 g/mol. The molecule has 108 valence electrons. The van der Waals surface area contributed by atoms with Crippen molar-refractivity contribution in [1.29, 1.82) is 0 Å². The van der Waals surface area contributed by atoms with Gasteiger partial charge in [-0.25, -0.2) is 0 Å². The van der Waals surface area contributed by atoms with Gasteiger partial charge in [0.1, 0.15) is 5.75 Å². The standard InChI is InChI=1S/C16H16N2O3/c1-10-9-12(7-8-15(10)19)16(20)17-14-6-4-3-5-13(14)11(2)18-21/h3-9,19,21H,1-2H3,(H,17,20)/b18-11-. The van der Waals surface area contributed by atoms with E-state index in [9.17, 15) is 9.90 Å². The lowest BCUT2D eigenvalue weighted by Crippen LogP contribution is -2.14. The van der Waals surface area contributed by atoms with Crippen molar-refractivity contribution in [2.45, 2.75) is 13.8 Å². The van der Waals surface area contributed by atoms with E-state index in [-0.39, 0.29) is 11.7 Å². The summed E-state index contributed by atoms with van der Waals surface area (Å²) < 4.78 is 0. The van der Waals surface area contributed by atoms with E-state index in [1.54, 1.807) is 50.2 Å². The van der Waals surface area contributed by atoms with E-state index in [1.165, 1.54) is 6.07 Å². The normalized spacial score (nSPS) is 11.2. The van der Waals surface area contributed by atoms with Crippen LogP contribution in [0.2, 0.25) is 0 Å². The predicted molar refractivity (Wildman–Crippen MR) is 81.2 cm³/mol. The van der Waals surface area contributed by atoms with Gasteiger partial charge in [0, 0.05) is 11.1 Å². The third-order valence-electron chi connectivity index (χ3n) is 3.17. The molecule has 0 fully saturated rings. The van der Waals surface area contributed by atoms with Crippen molar-refractivity contribution in [1.82, 2.24) is 0 Å². The second kappa shape index (κ2) is 6.09. The SMILES string of the molecule is C/C(=N/O)c1ccccc1NC(=O)c1ccc(O)c(C)c1. The quantitative estimate of drug-likeness (QED) is 0.460. The van der Waals surface area contributed by atoms with Crippen molar-refractivity contribution in [3.8, 4) is 5.75 Å². The Balaban J connectivity index is 2.30. The molecular formula is C16H16N2O3. The van der Waals surface area contributed by atoms with Gasteiger partial charge < -0.3 is 15.6 Å². The molecule has 0 spiro atoms. The molecule has 0 radical (unpaired) electrons. The first kappa shape index (κ1) is 14.6. The fourth-order valence-corrected chi connectivity index (χ4v) is 1.95. The molecule has 2 aromatic carbocycles. The number of nitrogens with one attached hydrogen (secondary N) is 1. The third kappa shape index (κ3) is 3.20. The predicted octanol–water partition coefficient (Wildman–Crippen LogP) is 3.15. The zero-order chi connectivity index (χ0) is 15.4. The molecule has 0 aliphatic heterocycles. The first-order valence-corrected chi connectivity index (χ1v) is 6.42. The first-order valence-electron chi connectivity index (χ1n) is 6.42. The number of rotatable bonds is 3. The fraction of sp³-hybridized carbons (Fsp3) is 0.125. The van der Waals surface area contributed by atoms with Gasteiger partial charge in [0.25, 0.3) is 5.91 Å². The summed E-state index contributed by atoms with van der Waals surface area (Å²) in [7, 11) is 0. The Morgan fingerprint density at radius 2 is 1.90 bits per heavy atom. The minimum atomic E-state index is -0.295. The summed E-state index contributed by atoms with van der Waals surface area (Å²) in [5, 5.41) is 24.3. The number of carbonyl (C=O) groups excluding carboxylic acids is 1. The summed E-state index contributed by atoms with van der Waals surface area (Å²) in [4.78, 5) is 12.2. The van der Waals surface area contributed by atoms with Gasteiger partial charge in [0.2, 0.25) is 0 Å². The molecule has 0 unspecified atom stereocenters. The van der Waals surface area contributed by atoms with Crippen LogP contribution in [0.4, 0.5) is 5.69 Å². The van der Waals surface area contributed by atoms with Crippen LogP contribution in [0.3, 0.4) is 0 Å². The number of aromatic hydroxyl groups is 1. The number of nitrogens with zero attached hydrogens (tertiary/aromatic N) is 1. The smallest absolute Gasteiger partial charge is 0.255 e. The maximum Gasteiger partial charge on any atom is 0.255 e. The Morgan fingerprint density at radius 1 is 1.19 bits per heavy atom. The number of benzene rings is 2. The number of anilines is 1. The summed E-state index contributed by atoms with van der Waals surface area (Å²) in [6.07, 6.45) is 0. The van der Waals surface area contributed by atoms with Gasteiger partial charge in [-0.2, -0.15) is 0 Å². The van der Waals surface area contributed by atoms with Crippen LogP contribution in [0.25, 0.3) is 0 Å². The molecule has 1 amide bonds. The molecule has 0 saturated carbocycles. The largest absolute Gasteiger partial charge is 0.508 e. The van der Waals surface area contributed by atoms with Crippen LogP contribution in [0.1, 0.15) is 28.4 Å². The van der Waals surface area contributed by atoms with E-state index < -0.39 is 0 Å². The Hall–Kier alpha value is -2.82. The van der Waals surface area contributed by atoms with Gasteiger partial charge in [0.15, 0.2) is 0 Å². The molecule has 0 aromatic heterocycles. The highest BCUT2D eigenvalue weighted by atomic mass is 16.4. The Bertz CT molecular complexity index is 708. The van der Waals surface area contributed by atoms with Crippen LogP contribution in [0.5, 0.6) is 5.75 Å². The van der Waals surface area contributed by atoms with Crippen molar-refractivity contribution < 1.29 is 15.1 Å². The van der Waals surface area contributed by atoms with Crippen LogP contribution < -0.4 is 5.32 Å². The lowest BCUT2D eigenvalue weighted by molar-refractivity contribution is 0.102. The van der Waals surface area contributed by atoms with Crippen molar-refractivity contribution in [3.05, 3.63) is 59.2 Å². The highest BCUT2D eigenvalue weighted by molar-refractivity contribution is 6.10. The Labute approximate surface area is 122 Å². The molecule has 0 aliphatic rings. The number of hydrogen-bond donors (Lipinski definition) is 3. The van der Waals surface area contributed by atoms with Crippen molar-refractivity contribution in [3.63, 3.8) is 0 Å². The number of phenols is 1. The van der Waals surface area contributed by atoms with Crippen LogP contribution in [0, 0.1) is 6.92 Å². The summed E-state index contributed by atoms with van der Waals surface area (Å²) in [5.41, 5.74) is 2.68. The fourth-order valence-electron chi connectivity index (χ4n) is 1.95. The molecule has 21 heavy (non-hydrogen) atoms. The van der Waals surface area contributed by atoms with Crippen LogP contribution >= 0.6 is 0 Å². The molecule has 2 rings (SSSR count). The molecule has 2 aromatic rings. The molecular weight excluding hydrogens is 268 g/mol. The van der Waals surface area contributed by atoms with E-state index in [0.717, 1.165) is 0 Å². The summed E-state index contributed by atoms with van der Waals surface area (Å²) in [6, 6.07) is 11.7. The topological polar surface area (TPSA) is 81.9 Å². The molecule has 0 bridgehead atoms. The second-order valence-corrected chi connectivity index (χ2v) is 4.69. The Kier molecular flexibility index (Phi) is 4.23. The maximum absolute atomic E-state index is 12.2. The van der Waals surface area contributed by atoms with E-state index in [4.69, 9.17) is 5.21 Å². The number of aryl methyl sites for hydroxylation is 1. The number of phenolic OH excluding ortho intramolecular Hbond substituents is 1. The van der Waals surface area contributed by atoms with Gasteiger partial charge in [-0.05, 0) is 43.7 Å². The number of para-hydroxylation sites is 1. The van der Waals surface area contributed by atoms with Gasteiger partial charge in [-0.3, -0.25) is 4.79 Å². The van der Waals surface area contributed by atoms with Gasteiger partial charge in [-0.15, -0.1) is 0 Å². The van der Waals surface area contributed by atoms with Crippen molar-refractivity contribution >= 4 is 17.3 Å². The minimum absolute atomic E-state index is 0.148. The van der Waals surface area contributed by atoms with E-state index in [1.807, 2.05) is 0 Å². The lowest BCUT2D eigenvalue weighted by Gasteiger charge is -2.10. The van der Waals surface area contributed by atoms with E-state index in [0.29, 0.717) is 28.1 Å². The second-order valence-electron chi connectivity index (χ2n) is 4.69. The minimum Gasteiger partial charge on any atom is -0.508 e.